The van der Waals surface area contributed by atoms with E-state index in [1.807, 2.05) is 0 Å². The zero-order valence-electron chi connectivity index (χ0n) is 9.40. The Morgan fingerprint density at radius 1 is 1.50 bits per heavy atom. The van der Waals surface area contributed by atoms with Gasteiger partial charge in [0.2, 0.25) is 0 Å². The maximum Gasteiger partial charge on any atom is 0.308 e. The third kappa shape index (κ3) is 2.58. The largest absolute Gasteiger partial charge is 0.481 e. The van der Waals surface area contributed by atoms with Crippen LogP contribution in [0.1, 0.15) is 24.9 Å². The second kappa shape index (κ2) is 5.61. The molecule has 1 aromatic carbocycles. The van der Waals surface area contributed by atoms with E-state index in [1.54, 1.807) is 32.2 Å². The van der Waals surface area contributed by atoms with Crippen LogP contribution in [-0.4, -0.2) is 18.1 Å². The van der Waals surface area contributed by atoms with Gasteiger partial charge in [-0.3, -0.25) is 4.79 Å². The van der Waals surface area contributed by atoms with E-state index in [2.05, 4.69) is 5.32 Å². The van der Waals surface area contributed by atoms with E-state index in [0.29, 0.717) is 12.0 Å². The Kier molecular flexibility index (Phi) is 4.43. The lowest BCUT2D eigenvalue weighted by atomic mass is 9.91. The van der Waals surface area contributed by atoms with E-state index >= 15 is 0 Å². The maximum atomic E-state index is 13.6. The van der Waals surface area contributed by atoms with Gasteiger partial charge in [-0.15, -0.1) is 0 Å². The van der Waals surface area contributed by atoms with Crippen molar-refractivity contribution in [3.05, 3.63) is 35.6 Å². The van der Waals surface area contributed by atoms with Crippen LogP contribution in [0, 0.1) is 11.7 Å². The minimum Gasteiger partial charge on any atom is -0.481 e. The van der Waals surface area contributed by atoms with Crippen LogP contribution in [0.15, 0.2) is 24.3 Å². The van der Waals surface area contributed by atoms with Crippen molar-refractivity contribution >= 4 is 5.97 Å². The number of hydrogen-bond donors (Lipinski definition) is 2. The first kappa shape index (κ1) is 12.6. The van der Waals surface area contributed by atoms with Gasteiger partial charge in [0.05, 0.1) is 5.92 Å². The number of nitrogens with one attached hydrogen (secondary N) is 1. The summed E-state index contributed by atoms with van der Waals surface area (Å²) in [5.41, 5.74) is 0.402. The van der Waals surface area contributed by atoms with Gasteiger partial charge in [-0.1, -0.05) is 25.1 Å². The van der Waals surface area contributed by atoms with E-state index in [4.69, 9.17) is 5.11 Å². The summed E-state index contributed by atoms with van der Waals surface area (Å²) in [7, 11) is 1.64. The SMILES string of the molecule is CCC(C(=O)O)C(NC)c1ccccc1F. The number of aliphatic carboxylic acids is 1. The summed E-state index contributed by atoms with van der Waals surface area (Å²) in [5.74, 6) is -1.91. The Hall–Kier alpha value is -1.42. The van der Waals surface area contributed by atoms with E-state index in [9.17, 15) is 9.18 Å². The molecule has 0 fully saturated rings. The highest BCUT2D eigenvalue weighted by molar-refractivity contribution is 5.71. The zero-order chi connectivity index (χ0) is 12.1. The smallest absolute Gasteiger partial charge is 0.308 e. The topological polar surface area (TPSA) is 49.3 Å². The molecule has 2 atom stereocenters. The molecule has 0 aliphatic heterocycles. The quantitative estimate of drug-likeness (QED) is 0.807. The van der Waals surface area contributed by atoms with Crippen molar-refractivity contribution in [2.75, 3.05) is 7.05 Å². The molecule has 1 aromatic rings. The fourth-order valence-corrected chi connectivity index (χ4v) is 1.85. The lowest BCUT2D eigenvalue weighted by molar-refractivity contribution is -0.143. The van der Waals surface area contributed by atoms with Crippen molar-refractivity contribution in [1.29, 1.82) is 0 Å². The van der Waals surface area contributed by atoms with Gasteiger partial charge >= 0.3 is 5.97 Å². The Morgan fingerprint density at radius 2 is 2.12 bits per heavy atom. The number of halogens is 1. The highest BCUT2D eigenvalue weighted by Crippen LogP contribution is 2.26. The van der Waals surface area contributed by atoms with Gasteiger partial charge in [0, 0.05) is 11.6 Å². The van der Waals surface area contributed by atoms with Gasteiger partial charge in [-0.2, -0.15) is 0 Å². The van der Waals surface area contributed by atoms with Crippen LogP contribution in [0.4, 0.5) is 4.39 Å². The second-order valence-corrected chi connectivity index (χ2v) is 3.64. The molecule has 88 valence electrons. The first-order valence-corrected chi connectivity index (χ1v) is 5.26. The second-order valence-electron chi connectivity index (χ2n) is 3.64. The summed E-state index contributed by atoms with van der Waals surface area (Å²) in [6.07, 6.45) is 0.454. The fourth-order valence-electron chi connectivity index (χ4n) is 1.85. The van der Waals surface area contributed by atoms with Gasteiger partial charge in [0.15, 0.2) is 0 Å². The molecule has 1 rings (SSSR count). The average Bonchev–Trinajstić information content (AvgIpc) is 2.26. The van der Waals surface area contributed by atoms with Crippen molar-refractivity contribution in [2.45, 2.75) is 19.4 Å². The number of carboxylic acids is 1. The third-order valence-corrected chi connectivity index (χ3v) is 2.71. The third-order valence-electron chi connectivity index (χ3n) is 2.71. The minimum absolute atomic E-state index is 0.374. The molecule has 0 bridgehead atoms. The molecule has 0 aromatic heterocycles. The van der Waals surface area contributed by atoms with Gasteiger partial charge in [-0.25, -0.2) is 4.39 Å². The van der Waals surface area contributed by atoms with E-state index in [-0.39, 0.29) is 5.82 Å². The lowest BCUT2D eigenvalue weighted by Crippen LogP contribution is -2.31. The molecular weight excluding hydrogens is 209 g/mol. The van der Waals surface area contributed by atoms with Crippen molar-refractivity contribution in [3.8, 4) is 0 Å². The first-order chi connectivity index (χ1) is 7.61. The lowest BCUT2D eigenvalue weighted by Gasteiger charge is -2.23. The molecule has 3 nitrogen and oxygen atoms in total. The number of benzene rings is 1. The van der Waals surface area contributed by atoms with E-state index < -0.39 is 17.9 Å². The Bertz CT molecular complexity index is 368. The van der Waals surface area contributed by atoms with Crippen LogP contribution in [0.2, 0.25) is 0 Å². The Morgan fingerprint density at radius 3 is 2.56 bits per heavy atom. The molecule has 2 N–H and O–H groups in total. The normalized spacial score (nSPS) is 14.4. The molecule has 0 spiro atoms. The van der Waals surface area contributed by atoms with E-state index in [0.717, 1.165) is 0 Å². The number of hydrogen-bond acceptors (Lipinski definition) is 2. The Balaban J connectivity index is 3.06. The van der Waals surface area contributed by atoms with Crippen LogP contribution in [0.5, 0.6) is 0 Å². The molecule has 0 heterocycles. The van der Waals surface area contributed by atoms with Crippen LogP contribution in [-0.2, 0) is 4.79 Å². The molecule has 0 radical (unpaired) electrons. The molecular formula is C12H16FNO2. The summed E-state index contributed by atoms with van der Waals surface area (Å²) >= 11 is 0. The monoisotopic (exact) mass is 225 g/mol. The van der Waals surface area contributed by atoms with Crippen molar-refractivity contribution in [2.24, 2.45) is 5.92 Å². The summed E-state index contributed by atoms with van der Waals surface area (Å²) in [4.78, 5) is 11.1. The fraction of sp³-hybridized carbons (Fsp3) is 0.417. The molecule has 4 heteroatoms. The van der Waals surface area contributed by atoms with Gasteiger partial charge in [-0.05, 0) is 19.5 Å². The predicted molar refractivity (Wildman–Crippen MR) is 59.6 cm³/mol. The molecule has 0 amide bonds. The van der Waals surface area contributed by atoms with Crippen LogP contribution in [0.25, 0.3) is 0 Å². The van der Waals surface area contributed by atoms with Crippen LogP contribution in [0.3, 0.4) is 0 Å². The Labute approximate surface area is 94.3 Å². The summed E-state index contributed by atoms with van der Waals surface area (Å²) in [6.45, 7) is 1.78. The van der Waals surface area contributed by atoms with Crippen molar-refractivity contribution in [3.63, 3.8) is 0 Å². The molecule has 0 saturated heterocycles. The first-order valence-electron chi connectivity index (χ1n) is 5.26. The summed E-state index contributed by atoms with van der Waals surface area (Å²) in [5, 5.41) is 11.9. The molecule has 0 saturated carbocycles. The number of carboxylic acid groups (broad SMARTS) is 1. The van der Waals surface area contributed by atoms with Crippen LogP contribution >= 0.6 is 0 Å². The highest BCUT2D eigenvalue weighted by Gasteiger charge is 2.28. The van der Waals surface area contributed by atoms with Gasteiger partial charge < -0.3 is 10.4 Å². The van der Waals surface area contributed by atoms with Gasteiger partial charge in [0.25, 0.3) is 0 Å². The molecule has 0 aliphatic carbocycles. The standard InChI is InChI=1S/C12H16FNO2/c1-3-8(12(15)16)11(14-2)9-6-4-5-7-10(9)13/h4-8,11,14H,3H2,1-2H3,(H,15,16). The van der Waals surface area contributed by atoms with Crippen LogP contribution < -0.4 is 5.32 Å². The maximum absolute atomic E-state index is 13.6. The van der Waals surface area contributed by atoms with Crippen molar-refractivity contribution in [1.82, 2.24) is 5.32 Å². The molecule has 0 aliphatic rings. The summed E-state index contributed by atoms with van der Waals surface area (Å²) in [6, 6.07) is 5.75. The van der Waals surface area contributed by atoms with Gasteiger partial charge in [0.1, 0.15) is 5.82 Å². The van der Waals surface area contributed by atoms with Crippen molar-refractivity contribution < 1.29 is 14.3 Å². The minimum atomic E-state index is -0.912. The molecule has 2 unspecified atom stereocenters. The van der Waals surface area contributed by atoms with E-state index in [1.165, 1.54) is 6.07 Å². The predicted octanol–water partition coefficient (Wildman–Crippen LogP) is 2.20. The average molecular weight is 225 g/mol. The highest BCUT2D eigenvalue weighted by atomic mass is 19.1. The number of carbonyl (C=O) groups is 1. The summed E-state index contributed by atoms with van der Waals surface area (Å²) < 4.78 is 13.6. The zero-order valence-corrected chi connectivity index (χ0v) is 9.40. The molecule has 16 heavy (non-hydrogen) atoms. The number of rotatable bonds is 5.